The summed E-state index contributed by atoms with van der Waals surface area (Å²) in [6, 6.07) is 30.1. The number of hydrogen-bond donors (Lipinski definition) is 2. The molecule has 0 saturated heterocycles. The van der Waals surface area contributed by atoms with Gasteiger partial charge in [0.15, 0.2) is 0 Å². The molecular formula is C28H20ClN3O3S. The third kappa shape index (κ3) is 4.79. The second-order valence-corrected chi connectivity index (χ2v) is 10.2. The first-order valence-electron chi connectivity index (χ1n) is 11.0. The van der Waals surface area contributed by atoms with Gasteiger partial charge in [-0.15, -0.1) is 0 Å². The number of para-hydroxylation sites is 1. The van der Waals surface area contributed by atoms with E-state index in [1.807, 2.05) is 48.5 Å². The van der Waals surface area contributed by atoms with Crippen LogP contribution in [0.2, 0.25) is 5.02 Å². The Balaban J connectivity index is 1.42. The number of nitrogens with one attached hydrogen (secondary N) is 2. The van der Waals surface area contributed by atoms with E-state index in [-0.39, 0.29) is 16.1 Å². The minimum atomic E-state index is -3.93. The van der Waals surface area contributed by atoms with E-state index in [1.54, 1.807) is 18.3 Å². The lowest BCUT2D eigenvalue weighted by molar-refractivity contribution is 0.0956. The van der Waals surface area contributed by atoms with Gasteiger partial charge in [0.25, 0.3) is 15.9 Å². The van der Waals surface area contributed by atoms with Crippen LogP contribution >= 0.6 is 11.6 Å². The van der Waals surface area contributed by atoms with Crippen LogP contribution in [-0.2, 0) is 10.0 Å². The van der Waals surface area contributed by atoms with E-state index in [1.165, 1.54) is 36.4 Å². The zero-order valence-corrected chi connectivity index (χ0v) is 20.4. The Morgan fingerprint density at radius 3 is 2.03 bits per heavy atom. The lowest BCUT2D eigenvalue weighted by atomic mass is 9.97. The molecule has 0 aromatic heterocycles. The Hall–Kier alpha value is -4.20. The van der Waals surface area contributed by atoms with Crippen molar-refractivity contribution in [2.75, 3.05) is 4.72 Å². The number of benzene rings is 5. The number of anilines is 1. The van der Waals surface area contributed by atoms with Crippen molar-refractivity contribution in [3.05, 3.63) is 119 Å². The van der Waals surface area contributed by atoms with Gasteiger partial charge < -0.3 is 0 Å². The third-order valence-corrected chi connectivity index (χ3v) is 7.35. The topological polar surface area (TPSA) is 87.6 Å². The Morgan fingerprint density at radius 2 is 1.36 bits per heavy atom. The van der Waals surface area contributed by atoms with Crippen LogP contribution < -0.4 is 10.1 Å². The van der Waals surface area contributed by atoms with Crippen LogP contribution in [0.1, 0.15) is 15.9 Å². The van der Waals surface area contributed by atoms with Gasteiger partial charge in [-0.1, -0.05) is 72.3 Å². The summed E-state index contributed by atoms with van der Waals surface area (Å²) in [6.07, 6.45) is 1.61. The van der Waals surface area contributed by atoms with Crippen LogP contribution in [0.5, 0.6) is 0 Å². The summed E-state index contributed by atoms with van der Waals surface area (Å²) < 4.78 is 28.1. The molecule has 0 fully saturated rings. The molecule has 0 bridgehead atoms. The van der Waals surface area contributed by atoms with Gasteiger partial charge in [-0.2, -0.15) is 5.10 Å². The zero-order chi connectivity index (χ0) is 25.1. The first kappa shape index (κ1) is 23.5. The van der Waals surface area contributed by atoms with Gasteiger partial charge in [0.2, 0.25) is 0 Å². The lowest BCUT2D eigenvalue weighted by Crippen LogP contribution is -2.21. The molecule has 8 heteroatoms. The highest BCUT2D eigenvalue weighted by Crippen LogP contribution is 2.27. The number of hydrogen-bond acceptors (Lipinski definition) is 4. The van der Waals surface area contributed by atoms with Crippen LogP contribution in [0.4, 0.5) is 5.69 Å². The van der Waals surface area contributed by atoms with Crippen LogP contribution in [-0.4, -0.2) is 20.5 Å². The highest BCUT2D eigenvalue weighted by atomic mass is 35.5. The highest BCUT2D eigenvalue weighted by molar-refractivity contribution is 7.92. The first-order chi connectivity index (χ1) is 17.4. The van der Waals surface area contributed by atoms with E-state index in [0.717, 1.165) is 27.1 Å². The maximum absolute atomic E-state index is 13.0. The second-order valence-electron chi connectivity index (χ2n) is 8.04. The van der Waals surface area contributed by atoms with E-state index in [0.29, 0.717) is 5.02 Å². The van der Waals surface area contributed by atoms with E-state index >= 15 is 0 Å². The maximum atomic E-state index is 13.0. The van der Waals surface area contributed by atoms with Gasteiger partial charge in [0.1, 0.15) is 0 Å². The molecule has 6 nitrogen and oxygen atoms in total. The standard InChI is InChI=1S/C28H20ClN3O3S/c29-21-13-15-22(16-14-21)36(34,35)32-27-12-6-5-11-25(27)28(33)31-30-18-26-23-9-3-1-7-19(23)17-20-8-2-4-10-24(20)26/h1-18,32H,(H,31,33)/b30-18-. The van der Waals surface area contributed by atoms with E-state index in [9.17, 15) is 13.2 Å². The predicted molar refractivity (Wildman–Crippen MR) is 145 cm³/mol. The Kier molecular flexibility index (Phi) is 6.41. The predicted octanol–water partition coefficient (Wildman–Crippen LogP) is 6.21. The SMILES string of the molecule is O=C(N/N=C\c1c2ccccc2cc2ccccc12)c1ccccc1NS(=O)(=O)c1ccc(Cl)cc1. The molecule has 5 aromatic rings. The molecule has 178 valence electrons. The summed E-state index contributed by atoms with van der Waals surface area (Å²) >= 11 is 5.86. The number of fused-ring (bicyclic) bond motifs is 2. The fraction of sp³-hybridized carbons (Fsp3) is 0. The summed E-state index contributed by atoms with van der Waals surface area (Å²) in [5.41, 5.74) is 3.67. The van der Waals surface area contributed by atoms with Crippen molar-refractivity contribution in [1.82, 2.24) is 5.43 Å². The number of carbonyl (C=O) groups is 1. The molecular weight excluding hydrogens is 494 g/mol. The molecule has 0 aliphatic heterocycles. The molecule has 5 aromatic carbocycles. The number of halogens is 1. The average molecular weight is 514 g/mol. The van der Waals surface area contributed by atoms with Crippen molar-refractivity contribution in [3.8, 4) is 0 Å². The summed E-state index contributed by atoms with van der Waals surface area (Å²) in [6.45, 7) is 0. The Bertz CT molecular complexity index is 1680. The normalized spacial score (nSPS) is 11.7. The molecule has 1 amide bonds. The molecule has 0 heterocycles. The molecule has 36 heavy (non-hydrogen) atoms. The molecule has 2 N–H and O–H groups in total. The minimum absolute atomic E-state index is 0.0305. The van der Waals surface area contributed by atoms with Crippen molar-refractivity contribution >= 4 is 61.0 Å². The lowest BCUT2D eigenvalue weighted by Gasteiger charge is -2.12. The molecule has 0 unspecified atom stereocenters. The van der Waals surface area contributed by atoms with Crippen molar-refractivity contribution in [2.24, 2.45) is 5.10 Å². The molecule has 0 radical (unpaired) electrons. The fourth-order valence-corrected chi connectivity index (χ4v) is 5.20. The molecule has 0 atom stereocenters. The second kappa shape index (κ2) is 9.81. The molecule has 0 aliphatic carbocycles. The number of nitrogens with zero attached hydrogens (tertiary/aromatic N) is 1. The van der Waals surface area contributed by atoms with Crippen molar-refractivity contribution in [2.45, 2.75) is 4.90 Å². The van der Waals surface area contributed by atoms with Gasteiger partial charge >= 0.3 is 0 Å². The Labute approximate surface area is 213 Å². The number of rotatable bonds is 6. The highest BCUT2D eigenvalue weighted by Gasteiger charge is 2.18. The summed E-state index contributed by atoms with van der Waals surface area (Å²) in [7, 11) is -3.93. The van der Waals surface area contributed by atoms with Crippen LogP contribution in [0.15, 0.2) is 113 Å². The Morgan fingerprint density at radius 1 is 0.778 bits per heavy atom. The van der Waals surface area contributed by atoms with Crippen molar-refractivity contribution in [3.63, 3.8) is 0 Å². The smallest absolute Gasteiger partial charge is 0.273 e. The number of sulfonamides is 1. The monoisotopic (exact) mass is 513 g/mol. The average Bonchev–Trinajstić information content (AvgIpc) is 2.88. The summed E-state index contributed by atoms with van der Waals surface area (Å²) in [5, 5.41) is 8.76. The minimum Gasteiger partial charge on any atom is -0.279 e. The molecule has 5 rings (SSSR count). The van der Waals surface area contributed by atoms with Crippen LogP contribution in [0.3, 0.4) is 0 Å². The number of hydrazone groups is 1. The molecule has 0 saturated carbocycles. The zero-order valence-electron chi connectivity index (χ0n) is 18.9. The summed E-state index contributed by atoms with van der Waals surface area (Å²) in [4.78, 5) is 13.0. The van der Waals surface area contributed by atoms with E-state index in [4.69, 9.17) is 11.6 Å². The van der Waals surface area contributed by atoms with Crippen molar-refractivity contribution in [1.29, 1.82) is 0 Å². The maximum Gasteiger partial charge on any atom is 0.273 e. The van der Waals surface area contributed by atoms with Crippen molar-refractivity contribution < 1.29 is 13.2 Å². The number of carbonyl (C=O) groups excluding carboxylic acids is 1. The largest absolute Gasteiger partial charge is 0.279 e. The number of amides is 1. The fourth-order valence-electron chi connectivity index (χ4n) is 3.99. The first-order valence-corrected chi connectivity index (χ1v) is 12.9. The van der Waals surface area contributed by atoms with Crippen LogP contribution in [0.25, 0.3) is 21.5 Å². The summed E-state index contributed by atoms with van der Waals surface area (Å²) in [5.74, 6) is -0.551. The molecule has 0 spiro atoms. The van der Waals surface area contributed by atoms with Gasteiger partial charge in [-0.05, 0) is 64.0 Å². The third-order valence-electron chi connectivity index (χ3n) is 5.71. The van der Waals surface area contributed by atoms with Gasteiger partial charge in [0.05, 0.1) is 22.4 Å². The van der Waals surface area contributed by atoms with Gasteiger partial charge in [-0.25, -0.2) is 13.8 Å². The van der Waals surface area contributed by atoms with Gasteiger partial charge in [-0.3, -0.25) is 9.52 Å². The van der Waals surface area contributed by atoms with E-state index < -0.39 is 15.9 Å². The van der Waals surface area contributed by atoms with E-state index in [2.05, 4.69) is 21.3 Å². The molecule has 0 aliphatic rings. The van der Waals surface area contributed by atoms with Crippen LogP contribution in [0, 0.1) is 0 Å². The quantitative estimate of drug-likeness (QED) is 0.161. The van der Waals surface area contributed by atoms with Gasteiger partial charge in [0, 0.05) is 10.6 Å².